The molecule has 0 spiro atoms. The Kier molecular flexibility index (Phi) is 4.73. The number of furan rings is 1. The lowest BCUT2D eigenvalue weighted by atomic mass is 10.2. The van der Waals surface area contributed by atoms with Gasteiger partial charge in [0.1, 0.15) is 5.69 Å². The lowest BCUT2D eigenvalue weighted by molar-refractivity contribution is -0.113. The van der Waals surface area contributed by atoms with E-state index in [1.54, 1.807) is 24.6 Å². The Morgan fingerprint density at radius 3 is 2.87 bits per heavy atom. The third-order valence-electron chi connectivity index (χ3n) is 3.16. The Hall–Kier alpha value is -2.60. The number of nitrogens with zero attached hydrogens (tertiary/aromatic N) is 2. The molecule has 0 unspecified atom stereocenters. The van der Waals surface area contributed by atoms with E-state index in [-0.39, 0.29) is 11.7 Å². The molecule has 2 aromatic heterocycles. The van der Waals surface area contributed by atoms with E-state index in [0.29, 0.717) is 16.6 Å². The second-order valence-electron chi connectivity index (χ2n) is 4.85. The van der Waals surface area contributed by atoms with Crippen molar-refractivity contribution in [1.29, 1.82) is 0 Å². The van der Waals surface area contributed by atoms with Gasteiger partial charge in [-0.2, -0.15) is 0 Å². The van der Waals surface area contributed by atoms with Gasteiger partial charge < -0.3 is 9.73 Å². The van der Waals surface area contributed by atoms with Crippen LogP contribution in [0.3, 0.4) is 0 Å². The maximum absolute atomic E-state index is 12.0. The molecular formula is C17H15N3O2S. The van der Waals surface area contributed by atoms with Crippen LogP contribution in [0.4, 0.5) is 5.69 Å². The fraction of sp³-hybridized carbons (Fsp3) is 0.118. The van der Waals surface area contributed by atoms with Crippen LogP contribution in [-0.2, 0) is 4.79 Å². The van der Waals surface area contributed by atoms with Crippen LogP contribution in [0.2, 0.25) is 0 Å². The Morgan fingerprint density at radius 1 is 1.22 bits per heavy atom. The molecule has 1 amide bonds. The zero-order valence-corrected chi connectivity index (χ0v) is 13.3. The second-order valence-corrected chi connectivity index (χ2v) is 5.80. The highest BCUT2D eigenvalue weighted by Crippen LogP contribution is 2.21. The predicted octanol–water partition coefficient (Wildman–Crippen LogP) is 3.78. The van der Waals surface area contributed by atoms with Gasteiger partial charge in [0.05, 0.1) is 12.0 Å². The van der Waals surface area contributed by atoms with Crippen LogP contribution in [-0.4, -0.2) is 21.6 Å². The largest absolute Gasteiger partial charge is 0.463 e. The first-order chi connectivity index (χ1) is 11.2. The van der Waals surface area contributed by atoms with Crippen molar-refractivity contribution >= 4 is 23.4 Å². The molecule has 0 aliphatic carbocycles. The molecule has 23 heavy (non-hydrogen) atoms. The molecule has 0 saturated carbocycles. The van der Waals surface area contributed by atoms with Crippen molar-refractivity contribution in [2.75, 3.05) is 11.1 Å². The number of hydrogen-bond donors (Lipinski definition) is 1. The topological polar surface area (TPSA) is 68.0 Å². The van der Waals surface area contributed by atoms with E-state index in [4.69, 9.17) is 4.42 Å². The Labute approximate surface area is 138 Å². The fourth-order valence-electron chi connectivity index (χ4n) is 2.00. The number of aromatic nitrogens is 2. The molecular weight excluding hydrogens is 310 g/mol. The van der Waals surface area contributed by atoms with E-state index < -0.39 is 0 Å². The number of hydrogen-bond acceptors (Lipinski definition) is 5. The smallest absolute Gasteiger partial charge is 0.234 e. The molecule has 3 rings (SSSR count). The average molecular weight is 325 g/mol. The Morgan fingerprint density at radius 2 is 2.09 bits per heavy atom. The van der Waals surface area contributed by atoms with E-state index in [1.165, 1.54) is 11.8 Å². The number of benzene rings is 1. The van der Waals surface area contributed by atoms with E-state index in [1.807, 2.05) is 37.3 Å². The summed E-state index contributed by atoms with van der Waals surface area (Å²) in [5.74, 6) is 0.838. The van der Waals surface area contributed by atoms with Crippen molar-refractivity contribution in [3.8, 4) is 11.5 Å². The van der Waals surface area contributed by atoms with E-state index >= 15 is 0 Å². The van der Waals surface area contributed by atoms with Crippen LogP contribution in [0, 0.1) is 6.92 Å². The summed E-state index contributed by atoms with van der Waals surface area (Å²) < 4.78 is 5.31. The summed E-state index contributed by atoms with van der Waals surface area (Å²) in [6.07, 6.45) is 3.26. The molecule has 2 heterocycles. The standard InChI is InChI=1S/C17H15N3O2S/c1-12-5-2-3-6-13(12)19-16(21)11-23-17-18-9-8-14(20-17)15-7-4-10-22-15/h2-10H,11H2,1H3,(H,19,21). The minimum absolute atomic E-state index is 0.0868. The first-order valence-corrected chi connectivity index (χ1v) is 8.06. The molecule has 6 heteroatoms. The average Bonchev–Trinajstić information content (AvgIpc) is 3.10. The number of thioether (sulfide) groups is 1. The summed E-state index contributed by atoms with van der Waals surface area (Å²) in [6, 6.07) is 13.1. The second kappa shape index (κ2) is 7.11. The summed E-state index contributed by atoms with van der Waals surface area (Å²) in [6.45, 7) is 1.96. The van der Waals surface area contributed by atoms with Gasteiger partial charge in [-0.25, -0.2) is 9.97 Å². The van der Waals surface area contributed by atoms with Crippen molar-refractivity contribution in [2.24, 2.45) is 0 Å². The minimum Gasteiger partial charge on any atom is -0.463 e. The first kappa shape index (κ1) is 15.3. The highest BCUT2D eigenvalue weighted by Gasteiger charge is 2.09. The number of nitrogens with one attached hydrogen (secondary N) is 1. The van der Waals surface area contributed by atoms with Crippen LogP contribution in [0.1, 0.15) is 5.56 Å². The predicted molar refractivity (Wildman–Crippen MR) is 90.3 cm³/mol. The van der Waals surface area contributed by atoms with Crippen molar-refractivity contribution in [3.63, 3.8) is 0 Å². The summed E-state index contributed by atoms with van der Waals surface area (Å²) in [4.78, 5) is 20.6. The van der Waals surface area contributed by atoms with Crippen molar-refractivity contribution in [3.05, 3.63) is 60.5 Å². The Bertz CT molecular complexity index is 803. The molecule has 0 aliphatic heterocycles. The van der Waals surface area contributed by atoms with E-state index in [2.05, 4.69) is 15.3 Å². The third kappa shape index (κ3) is 3.98. The van der Waals surface area contributed by atoms with Crippen molar-refractivity contribution < 1.29 is 9.21 Å². The minimum atomic E-state index is -0.0868. The van der Waals surface area contributed by atoms with Crippen LogP contribution in [0.15, 0.2) is 64.5 Å². The zero-order chi connectivity index (χ0) is 16.1. The fourth-order valence-corrected chi connectivity index (χ4v) is 2.63. The third-order valence-corrected chi connectivity index (χ3v) is 4.02. The number of aryl methyl sites for hydroxylation is 1. The maximum atomic E-state index is 12.0. The molecule has 0 bridgehead atoms. The number of amides is 1. The highest BCUT2D eigenvalue weighted by atomic mass is 32.2. The summed E-state index contributed by atoms with van der Waals surface area (Å²) in [7, 11) is 0. The lowest BCUT2D eigenvalue weighted by Crippen LogP contribution is -2.15. The van der Waals surface area contributed by atoms with Gasteiger partial charge in [-0.1, -0.05) is 30.0 Å². The Balaban J connectivity index is 1.61. The van der Waals surface area contributed by atoms with E-state index in [0.717, 1.165) is 11.3 Å². The van der Waals surface area contributed by atoms with Gasteiger partial charge in [0.2, 0.25) is 5.91 Å². The van der Waals surface area contributed by atoms with Crippen LogP contribution in [0.25, 0.3) is 11.5 Å². The molecule has 3 aromatic rings. The van der Waals surface area contributed by atoms with Crippen molar-refractivity contribution in [2.45, 2.75) is 12.1 Å². The number of para-hydroxylation sites is 1. The highest BCUT2D eigenvalue weighted by molar-refractivity contribution is 7.99. The summed E-state index contributed by atoms with van der Waals surface area (Å²) >= 11 is 1.29. The lowest BCUT2D eigenvalue weighted by Gasteiger charge is -2.07. The molecule has 1 aromatic carbocycles. The maximum Gasteiger partial charge on any atom is 0.234 e. The molecule has 0 fully saturated rings. The summed E-state index contributed by atoms with van der Waals surface area (Å²) in [5, 5.41) is 3.43. The van der Waals surface area contributed by atoms with Crippen LogP contribution in [0.5, 0.6) is 0 Å². The van der Waals surface area contributed by atoms with Gasteiger partial charge in [-0.3, -0.25) is 4.79 Å². The molecule has 0 aliphatic rings. The van der Waals surface area contributed by atoms with E-state index in [9.17, 15) is 4.79 Å². The van der Waals surface area contributed by atoms with Gasteiger partial charge in [-0.15, -0.1) is 0 Å². The number of carbonyl (C=O) groups is 1. The normalized spacial score (nSPS) is 10.5. The zero-order valence-electron chi connectivity index (χ0n) is 12.5. The number of rotatable bonds is 5. The molecule has 1 N–H and O–H groups in total. The van der Waals surface area contributed by atoms with Gasteiger partial charge >= 0.3 is 0 Å². The van der Waals surface area contributed by atoms with Crippen LogP contribution >= 0.6 is 11.8 Å². The molecule has 5 nitrogen and oxygen atoms in total. The molecule has 116 valence electrons. The molecule has 0 saturated heterocycles. The van der Waals surface area contributed by atoms with Gasteiger partial charge in [0.25, 0.3) is 0 Å². The van der Waals surface area contributed by atoms with Gasteiger partial charge in [0, 0.05) is 11.9 Å². The van der Waals surface area contributed by atoms with Crippen molar-refractivity contribution in [1.82, 2.24) is 9.97 Å². The monoisotopic (exact) mass is 325 g/mol. The first-order valence-electron chi connectivity index (χ1n) is 7.07. The van der Waals surface area contributed by atoms with Gasteiger partial charge in [-0.05, 0) is 36.8 Å². The summed E-state index contributed by atoms with van der Waals surface area (Å²) in [5.41, 5.74) is 2.55. The quantitative estimate of drug-likeness (QED) is 0.571. The van der Waals surface area contributed by atoms with Gasteiger partial charge in [0.15, 0.2) is 10.9 Å². The number of anilines is 1. The molecule has 0 radical (unpaired) electrons. The SMILES string of the molecule is Cc1ccccc1NC(=O)CSc1nccc(-c2ccco2)n1. The molecule has 0 atom stereocenters. The van der Waals surface area contributed by atoms with Crippen LogP contribution < -0.4 is 5.32 Å². The number of carbonyl (C=O) groups excluding carboxylic acids is 1.